The zero-order chi connectivity index (χ0) is 18.6. The third-order valence-corrected chi connectivity index (χ3v) is 3.63. The van der Waals surface area contributed by atoms with Crippen molar-refractivity contribution in [3.63, 3.8) is 0 Å². The van der Waals surface area contributed by atoms with Gasteiger partial charge in [0.1, 0.15) is 6.10 Å². The molecular formula is C17H34O7. The van der Waals surface area contributed by atoms with Gasteiger partial charge in [0.2, 0.25) is 5.79 Å². The molecule has 0 spiro atoms. The van der Waals surface area contributed by atoms with Crippen LogP contribution in [0.4, 0.5) is 0 Å². The number of methoxy groups -OCH3 is 3. The van der Waals surface area contributed by atoms with Gasteiger partial charge in [-0.2, -0.15) is 0 Å². The van der Waals surface area contributed by atoms with Gasteiger partial charge in [-0.25, -0.2) is 19.6 Å². The summed E-state index contributed by atoms with van der Waals surface area (Å²) in [5, 5.41) is 0. The van der Waals surface area contributed by atoms with E-state index in [1.165, 1.54) is 0 Å². The van der Waals surface area contributed by atoms with Gasteiger partial charge < -0.3 is 14.2 Å². The van der Waals surface area contributed by atoms with E-state index < -0.39 is 29.2 Å². The minimum atomic E-state index is -1.06. The van der Waals surface area contributed by atoms with Crippen LogP contribution >= 0.6 is 0 Å². The summed E-state index contributed by atoms with van der Waals surface area (Å²) in [6.45, 7) is 11.4. The first-order valence-electron chi connectivity index (χ1n) is 8.28. The molecule has 144 valence electrons. The molecule has 7 heteroatoms. The minimum absolute atomic E-state index is 0.118. The van der Waals surface area contributed by atoms with Crippen LogP contribution < -0.4 is 0 Å². The number of rotatable bonds is 7. The third kappa shape index (κ3) is 6.22. The Balaban J connectivity index is 3.01. The Labute approximate surface area is 145 Å². The molecule has 0 aromatic rings. The summed E-state index contributed by atoms with van der Waals surface area (Å²) in [5.74, 6) is -1.06. The van der Waals surface area contributed by atoms with E-state index in [-0.39, 0.29) is 6.10 Å². The van der Waals surface area contributed by atoms with Crippen molar-refractivity contribution in [1.82, 2.24) is 0 Å². The summed E-state index contributed by atoms with van der Waals surface area (Å²) in [6, 6.07) is 0. The van der Waals surface area contributed by atoms with Crippen LogP contribution in [0, 0.1) is 0 Å². The average molecular weight is 350 g/mol. The summed E-state index contributed by atoms with van der Waals surface area (Å²) in [7, 11) is 4.78. The van der Waals surface area contributed by atoms with Crippen molar-refractivity contribution in [3.05, 3.63) is 0 Å². The molecule has 0 bridgehead atoms. The third-order valence-electron chi connectivity index (χ3n) is 3.63. The fourth-order valence-corrected chi connectivity index (χ4v) is 2.47. The first-order valence-corrected chi connectivity index (χ1v) is 8.28. The Kier molecular flexibility index (Phi) is 7.62. The van der Waals surface area contributed by atoms with Crippen molar-refractivity contribution in [2.24, 2.45) is 0 Å². The maximum absolute atomic E-state index is 5.71. The lowest BCUT2D eigenvalue weighted by molar-refractivity contribution is -0.476. The van der Waals surface area contributed by atoms with Crippen LogP contribution in [-0.2, 0) is 33.8 Å². The maximum atomic E-state index is 5.71. The molecule has 0 N–H and O–H groups in total. The van der Waals surface area contributed by atoms with Gasteiger partial charge in [-0.15, -0.1) is 0 Å². The second kappa shape index (κ2) is 8.40. The first kappa shape index (κ1) is 21.8. The zero-order valence-corrected chi connectivity index (χ0v) is 16.5. The highest BCUT2D eigenvalue weighted by Crippen LogP contribution is 2.38. The molecule has 3 atom stereocenters. The summed E-state index contributed by atoms with van der Waals surface area (Å²) < 4.78 is 16.8. The highest BCUT2D eigenvalue weighted by Gasteiger charge is 2.54. The van der Waals surface area contributed by atoms with Crippen LogP contribution in [0.3, 0.4) is 0 Å². The van der Waals surface area contributed by atoms with Crippen molar-refractivity contribution in [3.8, 4) is 0 Å². The Hall–Kier alpha value is -0.280. The number of hydrogen-bond acceptors (Lipinski definition) is 7. The van der Waals surface area contributed by atoms with E-state index in [1.54, 1.807) is 21.3 Å². The summed E-state index contributed by atoms with van der Waals surface area (Å²) >= 11 is 0. The molecule has 3 unspecified atom stereocenters. The highest BCUT2D eigenvalue weighted by molar-refractivity contribution is 4.95. The zero-order valence-electron chi connectivity index (χ0n) is 16.5. The second-order valence-corrected chi connectivity index (χ2v) is 8.06. The van der Waals surface area contributed by atoms with E-state index in [0.29, 0.717) is 12.8 Å². The average Bonchev–Trinajstić information content (AvgIpc) is 2.48. The molecule has 0 aromatic carbocycles. The van der Waals surface area contributed by atoms with Crippen LogP contribution in [0.1, 0.15) is 54.4 Å². The van der Waals surface area contributed by atoms with E-state index in [4.69, 9.17) is 33.8 Å². The van der Waals surface area contributed by atoms with Crippen LogP contribution in [0.5, 0.6) is 0 Å². The summed E-state index contributed by atoms with van der Waals surface area (Å²) in [6.07, 6.45) is -0.179. The predicted octanol–water partition coefficient (Wildman–Crippen LogP) is 3.01. The molecular weight excluding hydrogens is 316 g/mol. The SMILES string of the molecule is COC1CC(OOC(C)(C)C)C(OOC(C)(C)C)C(OC)(OC)C1. The van der Waals surface area contributed by atoms with Gasteiger partial charge in [0.05, 0.1) is 17.3 Å². The van der Waals surface area contributed by atoms with Gasteiger partial charge in [-0.3, -0.25) is 0 Å². The topological polar surface area (TPSA) is 64.6 Å². The molecule has 0 amide bonds. The van der Waals surface area contributed by atoms with Crippen LogP contribution in [0.2, 0.25) is 0 Å². The molecule has 1 aliphatic carbocycles. The monoisotopic (exact) mass is 350 g/mol. The fourth-order valence-electron chi connectivity index (χ4n) is 2.47. The molecule has 1 saturated carbocycles. The fraction of sp³-hybridized carbons (Fsp3) is 1.00. The molecule has 0 aromatic heterocycles. The van der Waals surface area contributed by atoms with Gasteiger partial charge in [-0.05, 0) is 41.5 Å². The maximum Gasteiger partial charge on any atom is 0.202 e. The van der Waals surface area contributed by atoms with Crippen molar-refractivity contribution in [2.45, 2.75) is 89.7 Å². The van der Waals surface area contributed by atoms with Crippen molar-refractivity contribution >= 4 is 0 Å². The predicted molar refractivity (Wildman–Crippen MR) is 88.2 cm³/mol. The van der Waals surface area contributed by atoms with E-state index in [2.05, 4.69) is 0 Å². The normalized spacial score (nSPS) is 28.1. The Bertz CT molecular complexity index is 368. The highest BCUT2D eigenvalue weighted by atomic mass is 17.2. The van der Waals surface area contributed by atoms with Gasteiger partial charge in [0.15, 0.2) is 6.10 Å². The Morgan fingerprint density at radius 2 is 1.29 bits per heavy atom. The van der Waals surface area contributed by atoms with Crippen LogP contribution in [0.15, 0.2) is 0 Å². The van der Waals surface area contributed by atoms with Crippen molar-refractivity contribution < 1.29 is 33.8 Å². The standard InChI is InChI=1S/C17H34O7/c1-15(2,3)23-21-13-10-12(18-7)11-17(19-8,20-9)14(13)22-24-16(4,5)6/h12-14H,10-11H2,1-9H3. The Morgan fingerprint density at radius 1 is 0.792 bits per heavy atom. The van der Waals surface area contributed by atoms with Crippen LogP contribution in [-0.4, -0.2) is 56.6 Å². The van der Waals surface area contributed by atoms with Gasteiger partial charge >= 0.3 is 0 Å². The lowest BCUT2D eigenvalue weighted by atomic mass is 9.86. The lowest BCUT2D eigenvalue weighted by Gasteiger charge is -2.46. The van der Waals surface area contributed by atoms with E-state index in [0.717, 1.165) is 0 Å². The minimum Gasteiger partial charge on any atom is -0.381 e. The smallest absolute Gasteiger partial charge is 0.202 e. The van der Waals surface area contributed by atoms with Crippen molar-refractivity contribution in [1.29, 1.82) is 0 Å². The molecule has 0 saturated heterocycles. The Morgan fingerprint density at radius 3 is 1.71 bits per heavy atom. The molecule has 0 aliphatic heterocycles. The van der Waals surface area contributed by atoms with Crippen molar-refractivity contribution in [2.75, 3.05) is 21.3 Å². The summed E-state index contributed by atoms with van der Waals surface area (Å²) in [5.41, 5.74) is -0.945. The lowest BCUT2D eigenvalue weighted by Crippen LogP contribution is -2.60. The van der Waals surface area contributed by atoms with Gasteiger partial charge in [-0.1, -0.05) is 0 Å². The number of hydrogen-bond donors (Lipinski definition) is 0. The quantitative estimate of drug-likeness (QED) is 0.397. The molecule has 1 fully saturated rings. The van der Waals surface area contributed by atoms with E-state index in [1.807, 2.05) is 41.5 Å². The van der Waals surface area contributed by atoms with E-state index >= 15 is 0 Å². The molecule has 24 heavy (non-hydrogen) atoms. The molecule has 7 nitrogen and oxygen atoms in total. The molecule has 0 radical (unpaired) electrons. The van der Waals surface area contributed by atoms with Crippen LogP contribution in [0.25, 0.3) is 0 Å². The molecule has 1 rings (SSSR count). The first-order chi connectivity index (χ1) is 11.0. The summed E-state index contributed by atoms with van der Waals surface area (Å²) in [4.78, 5) is 22.4. The molecule has 1 aliphatic rings. The van der Waals surface area contributed by atoms with E-state index in [9.17, 15) is 0 Å². The largest absolute Gasteiger partial charge is 0.381 e. The van der Waals surface area contributed by atoms with Gasteiger partial charge in [0.25, 0.3) is 0 Å². The second-order valence-electron chi connectivity index (χ2n) is 8.06. The van der Waals surface area contributed by atoms with Gasteiger partial charge in [0, 0.05) is 34.2 Å². The molecule has 0 heterocycles. The number of ether oxygens (including phenoxy) is 3.